The van der Waals surface area contributed by atoms with E-state index in [0.29, 0.717) is 23.8 Å². The third kappa shape index (κ3) is 4.83. The summed E-state index contributed by atoms with van der Waals surface area (Å²) >= 11 is 3.21. The normalized spacial score (nSPS) is 11.8. The molecule has 0 aliphatic carbocycles. The van der Waals surface area contributed by atoms with Crippen LogP contribution in [0.1, 0.15) is 16.7 Å². The molecule has 2 heterocycles. The van der Waals surface area contributed by atoms with Gasteiger partial charge in [-0.2, -0.15) is 5.10 Å². The number of nitrogens with zero attached hydrogens (tertiary/aromatic N) is 3. The highest BCUT2D eigenvalue weighted by atomic mass is 32.1. The summed E-state index contributed by atoms with van der Waals surface area (Å²) in [5, 5.41) is 6.76. The highest BCUT2D eigenvalue weighted by Gasteiger charge is 2.17. The molecule has 0 spiro atoms. The topological polar surface area (TPSA) is 57.3 Å². The smallest absolute Gasteiger partial charge is 0.206 e. The predicted octanol–water partition coefficient (Wildman–Crippen LogP) is 4.97. The van der Waals surface area contributed by atoms with Crippen LogP contribution in [0.5, 0.6) is 17.2 Å². The number of ether oxygens (including phenoxy) is 3. The third-order valence-corrected chi connectivity index (χ3v) is 5.98. The predicted molar refractivity (Wildman–Crippen MR) is 125 cm³/mol. The Morgan fingerprint density at radius 1 is 1.13 bits per heavy atom. The molecule has 3 rings (SSSR count). The summed E-state index contributed by atoms with van der Waals surface area (Å²) in [6.07, 6.45) is 1.85. The van der Waals surface area contributed by atoms with Gasteiger partial charge in [0.1, 0.15) is 0 Å². The van der Waals surface area contributed by atoms with E-state index in [4.69, 9.17) is 19.3 Å². The Bertz CT molecular complexity index is 1110. The van der Waals surface area contributed by atoms with Crippen LogP contribution >= 0.6 is 22.7 Å². The Morgan fingerprint density at radius 3 is 2.37 bits per heavy atom. The minimum atomic E-state index is 0.544. The lowest BCUT2D eigenvalue weighted by atomic mass is 10.1. The molecule has 0 N–H and O–H groups in total. The maximum atomic E-state index is 5.52. The van der Waals surface area contributed by atoms with Crippen LogP contribution in [0, 0.1) is 6.92 Å². The first-order valence-corrected chi connectivity index (χ1v) is 10.9. The molecule has 30 heavy (non-hydrogen) atoms. The van der Waals surface area contributed by atoms with Gasteiger partial charge in [-0.25, -0.2) is 4.68 Å². The molecule has 1 aromatic carbocycles. The van der Waals surface area contributed by atoms with E-state index in [1.54, 1.807) is 32.7 Å². The van der Waals surface area contributed by atoms with Crippen molar-refractivity contribution < 1.29 is 14.2 Å². The standard InChI is InChI=1S/C22H25N3O3S2/c1-14(2)11-23-22-25(24-12-17-8-7-15(3)30-17)18(13-29-22)16-9-19(26-4)21(28-6)20(10-16)27-5/h7-10,12-13H,1,11H2,2-6H3. The van der Waals surface area contributed by atoms with E-state index in [1.165, 1.54) is 16.2 Å². The Kier molecular flexibility index (Phi) is 7.12. The fourth-order valence-corrected chi connectivity index (χ4v) is 4.37. The molecule has 0 aliphatic heterocycles. The summed E-state index contributed by atoms with van der Waals surface area (Å²) in [6.45, 7) is 8.52. The Labute approximate surface area is 184 Å². The van der Waals surface area contributed by atoms with Crippen LogP contribution in [0.25, 0.3) is 11.3 Å². The number of benzene rings is 1. The fraction of sp³-hybridized carbons (Fsp3) is 0.273. The monoisotopic (exact) mass is 443 g/mol. The number of aromatic nitrogens is 1. The van der Waals surface area contributed by atoms with Crippen LogP contribution in [0.2, 0.25) is 0 Å². The van der Waals surface area contributed by atoms with Gasteiger partial charge in [-0.3, -0.25) is 4.99 Å². The number of methoxy groups -OCH3 is 3. The van der Waals surface area contributed by atoms with Crippen LogP contribution in [-0.4, -0.2) is 38.8 Å². The molecule has 8 heteroatoms. The van der Waals surface area contributed by atoms with Gasteiger partial charge in [0, 0.05) is 20.7 Å². The third-order valence-electron chi connectivity index (χ3n) is 4.19. The number of thiophene rings is 1. The molecule has 0 atom stereocenters. The summed E-state index contributed by atoms with van der Waals surface area (Å²) < 4.78 is 18.3. The maximum Gasteiger partial charge on any atom is 0.206 e. The Hall–Kier alpha value is -2.84. The number of hydrogen-bond acceptors (Lipinski definition) is 7. The lowest BCUT2D eigenvalue weighted by molar-refractivity contribution is 0.324. The van der Waals surface area contributed by atoms with E-state index < -0.39 is 0 Å². The molecule has 0 saturated carbocycles. The Balaban J connectivity index is 2.16. The van der Waals surface area contributed by atoms with Gasteiger partial charge in [-0.05, 0) is 38.1 Å². The molecule has 2 aromatic heterocycles. The second-order valence-corrected chi connectivity index (χ2v) is 8.75. The van der Waals surface area contributed by atoms with Crippen molar-refractivity contribution >= 4 is 28.9 Å². The quantitative estimate of drug-likeness (QED) is 0.365. The molecule has 0 fully saturated rings. The highest BCUT2D eigenvalue weighted by Crippen LogP contribution is 2.41. The zero-order chi connectivity index (χ0) is 21.7. The molecule has 0 amide bonds. The lowest BCUT2D eigenvalue weighted by Gasteiger charge is -2.14. The van der Waals surface area contributed by atoms with E-state index in [9.17, 15) is 0 Å². The van der Waals surface area contributed by atoms with Crippen molar-refractivity contribution in [2.75, 3.05) is 27.9 Å². The average molecular weight is 444 g/mol. The van der Waals surface area contributed by atoms with Crippen molar-refractivity contribution in [3.8, 4) is 28.5 Å². The van der Waals surface area contributed by atoms with Gasteiger partial charge in [-0.15, -0.1) is 22.7 Å². The van der Waals surface area contributed by atoms with Crippen molar-refractivity contribution in [3.63, 3.8) is 0 Å². The first kappa shape index (κ1) is 21.9. The van der Waals surface area contributed by atoms with Gasteiger partial charge in [0.15, 0.2) is 11.5 Å². The Morgan fingerprint density at radius 2 is 1.83 bits per heavy atom. The fourth-order valence-electron chi connectivity index (χ4n) is 2.79. The molecule has 0 bridgehead atoms. The van der Waals surface area contributed by atoms with Crippen LogP contribution in [0.15, 0.2) is 51.9 Å². The number of aryl methyl sites for hydroxylation is 1. The van der Waals surface area contributed by atoms with Gasteiger partial charge in [0.2, 0.25) is 10.6 Å². The number of hydrogen-bond donors (Lipinski definition) is 0. The molecular formula is C22H25N3O3S2. The molecule has 0 radical (unpaired) electrons. The largest absolute Gasteiger partial charge is 0.493 e. The van der Waals surface area contributed by atoms with Gasteiger partial charge in [-0.1, -0.05) is 12.2 Å². The van der Waals surface area contributed by atoms with Crippen molar-refractivity contribution in [3.05, 3.63) is 56.4 Å². The van der Waals surface area contributed by atoms with Crippen molar-refractivity contribution in [2.45, 2.75) is 13.8 Å². The molecule has 0 saturated heterocycles. The first-order chi connectivity index (χ1) is 14.5. The number of rotatable bonds is 8. The van der Waals surface area contributed by atoms with Crippen LogP contribution in [0.3, 0.4) is 0 Å². The molecular weight excluding hydrogens is 418 g/mol. The molecule has 0 unspecified atom stereocenters. The summed E-state index contributed by atoms with van der Waals surface area (Å²) in [4.78, 5) is 7.77. The summed E-state index contributed by atoms with van der Waals surface area (Å²) in [6, 6.07) is 7.96. The van der Waals surface area contributed by atoms with Crippen LogP contribution in [0.4, 0.5) is 0 Å². The highest BCUT2D eigenvalue weighted by molar-refractivity contribution is 7.13. The summed E-state index contributed by atoms with van der Waals surface area (Å²) in [7, 11) is 4.80. The van der Waals surface area contributed by atoms with Crippen molar-refractivity contribution in [2.24, 2.45) is 10.1 Å². The molecule has 3 aromatic rings. The van der Waals surface area contributed by atoms with Gasteiger partial charge >= 0.3 is 0 Å². The summed E-state index contributed by atoms with van der Waals surface area (Å²) in [5.74, 6) is 1.72. The minimum absolute atomic E-state index is 0.544. The van der Waals surface area contributed by atoms with E-state index >= 15 is 0 Å². The van der Waals surface area contributed by atoms with Crippen LogP contribution < -0.4 is 19.0 Å². The van der Waals surface area contributed by atoms with E-state index in [2.05, 4.69) is 30.6 Å². The maximum absolute atomic E-state index is 5.52. The van der Waals surface area contributed by atoms with E-state index in [-0.39, 0.29) is 0 Å². The zero-order valence-corrected chi connectivity index (χ0v) is 19.4. The molecule has 6 nitrogen and oxygen atoms in total. The SMILES string of the molecule is C=C(C)CN=c1scc(-c2cc(OC)c(OC)c(OC)c2)n1N=Cc1ccc(C)s1. The van der Waals surface area contributed by atoms with Crippen molar-refractivity contribution in [1.29, 1.82) is 0 Å². The minimum Gasteiger partial charge on any atom is -0.493 e. The van der Waals surface area contributed by atoms with Gasteiger partial charge in [0.05, 0.1) is 39.8 Å². The second-order valence-electron chi connectivity index (χ2n) is 6.60. The van der Waals surface area contributed by atoms with E-state index in [1.807, 2.05) is 35.3 Å². The number of thiazole rings is 1. The molecule has 158 valence electrons. The van der Waals surface area contributed by atoms with E-state index in [0.717, 1.165) is 26.5 Å². The van der Waals surface area contributed by atoms with Crippen molar-refractivity contribution in [1.82, 2.24) is 4.68 Å². The van der Waals surface area contributed by atoms with Gasteiger partial charge < -0.3 is 14.2 Å². The summed E-state index contributed by atoms with van der Waals surface area (Å²) in [5.41, 5.74) is 2.75. The molecule has 0 aliphatic rings. The lowest BCUT2D eigenvalue weighted by Crippen LogP contribution is -2.13. The van der Waals surface area contributed by atoms with Crippen LogP contribution in [-0.2, 0) is 0 Å². The average Bonchev–Trinajstić information content (AvgIpc) is 3.34. The second kappa shape index (κ2) is 9.77. The first-order valence-electron chi connectivity index (χ1n) is 9.23. The van der Waals surface area contributed by atoms with Gasteiger partial charge in [0.25, 0.3) is 0 Å². The zero-order valence-electron chi connectivity index (χ0n) is 17.8.